The van der Waals surface area contributed by atoms with E-state index in [4.69, 9.17) is 16.0 Å². The molecule has 2 heterocycles. The highest BCUT2D eigenvalue weighted by atomic mass is 127. The Hall–Kier alpha value is -0.0731. The number of hydrogen-bond donors (Lipinski definition) is 0. The second-order valence-corrected chi connectivity index (χ2v) is 14.0. The van der Waals surface area contributed by atoms with Gasteiger partial charge in [0.2, 0.25) is 0 Å². The van der Waals surface area contributed by atoms with Gasteiger partial charge in [0.1, 0.15) is 18.7 Å². The third-order valence-corrected chi connectivity index (χ3v) is 12.5. The Morgan fingerprint density at radius 1 is 1.05 bits per heavy atom. The molecular formula is C16H23ClINOSi. The van der Waals surface area contributed by atoms with Gasteiger partial charge in [-0.05, 0) is 45.3 Å². The van der Waals surface area contributed by atoms with Crippen molar-refractivity contribution in [3.05, 3.63) is 20.9 Å². The summed E-state index contributed by atoms with van der Waals surface area (Å²) in [5, 5.41) is 1.70. The summed E-state index contributed by atoms with van der Waals surface area (Å²) in [5.41, 5.74) is 3.62. The van der Waals surface area contributed by atoms with Crippen molar-refractivity contribution < 1.29 is 4.42 Å². The van der Waals surface area contributed by atoms with Gasteiger partial charge in [-0.15, -0.1) is 0 Å². The van der Waals surface area contributed by atoms with E-state index in [0.29, 0.717) is 21.8 Å². The number of aromatic nitrogens is 1. The first-order chi connectivity index (χ1) is 9.71. The molecule has 0 atom stereocenters. The lowest BCUT2D eigenvalue weighted by atomic mass is 10.4. The monoisotopic (exact) mass is 435 g/mol. The molecule has 0 fully saturated rings. The van der Waals surface area contributed by atoms with Crippen molar-refractivity contribution >= 4 is 58.7 Å². The van der Waals surface area contributed by atoms with E-state index in [0.717, 1.165) is 14.7 Å². The Bertz CT molecular complexity index is 629. The summed E-state index contributed by atoms with van der Waals surface area (Å²) in [7, 11) is -1.78. The molecule has 0 spiro atoms. The van der Waals surface area contributed by atoms with Crippen LogP contribution in [0.1, 0.15) is 41.5 Å². The van der Waals surface area contributed by atoms with E-state index in [1.807, 2.05) is 6.07 Å². The first-order valence-corrected chi connectivity index (χ1v) is 11.2. The molecule has 0 radical (unpaired) electrons. The smallest absolute Gasteiger partial charge is 0.165 e. The first-order valence-electron chi connectivity index (χ1n) is 7.47. The van der Waals surface area contributed by atoms with Crippen LogP contribution in [-0.4, -0.2) is 13.1 Å². The summed E-state index contributed by atoms with van der Waals surface area (Å²) in [5.74, 6) is 0. The lowest BCUT2D eigenvalue weighted by molar-refractivity contribution is 0.631. The summed E-state index contributed by atoms with van der Waals surface area (Å²) >= 11 is 8.36. The van der Waals surface area contributed by atoms with E-state index in [9.17, 15) is 0 Å². The zero-order chi connectivity index (χ0) is 15.9. The average Bonchev–Trinajstić information content (AvgIpc) is 2.71. The SMILES string of the molecule is CC(C)[Si](c1cc2nc(Cl)cc(I)c2o1)(C(C)C)C(C)C. The summed E-state index contributed by atoms with van der Waals surface area (Å²) < 4.78 is 7.37. The lowest BCUT2D eigenvalue weighted by Crippen LogP contribution is -2.55. The fraction of sp³-hybridized carbons (Fsp3) is 0.562. The van der Waals surface area contributed by atoms with Crippen molar-refractivity contribution in [1.82, 2.24) is 4.98 Å². The summed E-state index contributed by atoms with van der Waals surface area (Å²) in [6.45, 7) is 14.0. The Kier molecular flexibility index (Phi) is 5.10. The van der Waals surface area contributed by atoms with Crippen molar-refractivity contribution in [2.75, 3.05) is 0 Å². The third kappa shape index (κ3) is 2.79. The van der Waals surface area contributed by atoms with Gasteiger partial charge in [-0.1, -0.05) is 53.1 Å². The van der Waals surface area contributed by atoms with Crippen molar-refractivity contribution in [2.24, 2.45) is 0 Å². The van der Waals surface area contributed by atoms with Crippen LogP contribution in [0, 0.1) is 3.57 Å². The van der Waals surface area contributed by atoms with E-state index in [2.05, 4.69) is 75.2 Å². The number of nitrogens with zero attached hydrogens (tertiary/aromatic N) is 1. The topological polar surface area (TPSA) is 26.0 Å². The van der Waals surface area contributed by atoms with Crippen LogP contribution in [0.5, 0.6) is 0 Å². The van der Waals surface area contributed by atoms with Gasteiger partial charge in [0.15, 0.2) is 5.58 Å². The highest BCUT2D eigenvalue weighted by molar-refractivity contribution is 14.1. The van der Waals surface area contributed by atoms with Gasteiger partial charge in [0.05, 0.1) is 8.95 Å². The highest BCUT2D eigenvalue weighted by Crippen LogP contribution is 2.42. The molecule has 0 bridgehead atoms. The third-order valence-electron chi connectivity index (χ3n) is 4.70. The zero-order valence-corrected chi connectivity index (χ0v) is 17.4. The Balaban J connectivity index is 2.74. The van der Waals surface area contributed by atoms with E-state index in [-0.39, 0.29) is 0 Å². The fourth-order valence-electron chi connectivity index (χ4n) is 4.02. The van der Waals surface area contributed by atoms with Crippen LogP contribution in [0.4, 0.5) is 0 Å². The van der Waals surface area contributed by atoms with Crippen LogP contribution >= 0.6 is 34.2 Å². The molecule has 21 heavy (non-hydrogen) atoms. The quantitative estimate of drug-likeness (QED) is 0.336. The normalized spacial score (nSPS) is 13.1. The number of halogens is 2. The molecule has 0 N–H and O–H groups in total. The molecule has 0 amide bonds. The average molecular weight is 436 g/mol. The van der Waals surface area contributed by atoms with Gasteiger partial charge < -0.3 is 4.42 Å². The molecule has 2 aromatic rings. The van der Waals surface area contributed by atoms with Crippen LogP contribution in [0.15, 0.2) is 16.5 Å². The van der Waals surface area contributed by atoms with Gasteiger partial charge in [0, 0.05) is 6.07 Å². The Labute approximate surface area is 146 Å². The summed E-state index contributed by atoms with van der Waals surface area (Å²) in [6.07, 6.45) is 0. The maximum Gasteiger partial charge on any atom is 0.165 e. The Morgan fingerprint density at radius 2 is 1.57 bits per heavy atom. The van der Waals surface area contributed by atoms with Crippen molar-refractivity contribution in [3.63, 3.8) is 0 Å². The second-order valence-electron chi connectivity index (χ2n) is 6.65. The maximum absolute atomic E-state index is 6.34. The van der Waals surface area contributed by atoms with Crippen LogP contribution in [0.3, 0.4) is 0 Å². The molecule has 2 nitrogen and oxygen atoms in total. The van der Waals surface area contributed by atoms with Gasteiger partial charge in [-0.2, -0.15) is 0 Å². The predicted molar refractivity (Wildman–Crippen MR) is 102 cm³/mol. The lowest BCUT2D eigenvalue weighted by Gasteiger charge is -2.40. The van der Waals surface area contributed by atoms with Gasteiger partial charge >= 0.3 is 0 Å². The van der Waals surface area contributed by atoms with E-state index in [1.54, 1.807) is 0 Å². The number of pyridine rings is 1. The number of furan rings is 1. The minimum absolute atomic E-state index is 0.533. The molecule has 5 heteroatoms. The molecule has 0 saturated heterocycles. The predicted octanol–water partition coefficient (Wildman–Crippen LogP) is 5.97. The van der Waals surface area contributed by atoms with Crippen LogP contribution in [-0.2, 0) is 0 Å². The minimum atomic E-state index is -1.78. The van der Waals surface area contributed by atoms with Crippen LogP contribution < -0.4 is 5.38 Å². The summed E-state index contributed by atoms with van der Waals surface area (Å²) in [6, 6.07) is 4.01. The number of fused-ring (bicyclic) bond motifs is 1. The zero-order valence-electron chi connectivity index (χ0n) is 13.5. The molecular weight excluding hydrogens is 413 g/mol. The molecule has 0 aliphatic heterocycles. The number of hydrogen-bond acceptors (Lipinski definition) is 2. The Morgan fingerprint density at radius 3 is 2.05 bits per heavy atom. The standard InChI is InChI=1S/C16H23ClINOSi/c1-9(2)21(10(3)4,11(5)6)15-8-13-16(20-15)12(18)7-14(17)19-13/h7-11H,1-6H3. The van der Waals surface area contributed by atoms with Gasteiger partial charge in [-0.3, -0.25) is 0 Å². The highest BCUT2D eigenvalue weighted by Gasteiger charge is 2.47. The van der Waals surface area contributed by atoms with Gasteiger partial charge in [0.25, 0.3) is 0 Å². The first kappa shape index (κ1) is 17.3. The molecule has 2 aromatic heterocycles. The van der Waals surface area contributed by atoms with E-state index < -0.39 is 8.07 Å². The van der Waals surface area contributed by atoms with Gasteiger partial charge in [-0.25, -0.2) is 4.98 Å². The van der Waals surface area contributed by atoms with Crippen LogP contribution in [0.25, 0.3) is 11.1 Å². The van der Waals surface area contributed by atoms with E-state index in [1.165, 1.54) is 5.38 Å². The molecule has 0 aliphatic rings. The van der Waals surface area contributed by atoms with Crippen molar-refractivity contribution in [3.8, 4) is 0 Å². The summed E-state index contributed by atoms with van der Waals surface area (Å²) in [4.78, 5) is 4.44. The molecule has 116 valence electrons. The molecule has 0 aromatic carbocycles. The largest absolute Gasteiger partial charge is 0.463 e. The van der Waals surface area contributed by atoms with Crippen LogP contribution in [0.2, 0.25) is 21.8 Å². The molecule has 0 aliphatic carbocycles. The second kappa shape index (κ2) is 6.20. The fourth-order valence-corrected chi connectivity index (χ4v) is 11.5. The minimum Gasteiger partial charge on any atom is -0.463 e. The number of rotatable bonds is 4. The van der Waals surface area contributed by atoms with Crippen molar-refractivity contribution in [2.45, 2.75) is 58.2 Å². The van der Waals surface area contributed by atoms with E-state index >= 15 is 0 Å². The molecule has 0 unspecified atom stereocenters. The molecule has 0 saturated carbocycles. The maximum atomic E-state index is 6.34. The molecule has 2 rings (SSSR count). The van der Waals surface area contributed by atoms with Crippen molar-refractivity contribution in [1.29, 1.82) is 0 Å².